The highest BCUT2D eigenvalue weighted by molar-refractivity contribution is 5.92. The van der Waals surface area contributed by atoms with Crippen LogP contribution in [0.4, 0.5) is 5.82 Å². The van der Waals surface area contributed by atoms with Crippen molar-refractivity contribution in [2.75, 3.05) is 26.6 Å². The van der Waals surface area contributed by atoms with E-state index in [9.17, 15) is 0 Å². The highest BCUT2D eigenvalue weighted by Gasteiger charge is 2.15. The molecule has 154 valence electrons. The van der Waals surface area contributed by atoms with Gasteiger partial charge in [-0.15, -0.1) is 0 Å². The lowest BCUT2D eigenvalue weighted by atomic mass is 10.0. The molecule has 4 rings (SSSR count). The van der Waals surface area contributed by atoms with E-state index in [0.29, 0.717) is 17.3 Å². The summed E-state index contributed by atoms with van der Waals surface area (Å²) >= 11 is 0. The molecule has 30 heavy (non-hydrogen) atoms. The van der Waals surface area contributed by atoms with Crippen molar-refractivity contribution in [3.05, 3.63) is 59.9 Å². The average molecular weight is 403 g/mol. The minimum atomic E-state index is 0.0436. The summed E-state index contributed by atoms with van der Waals surface area (Å²) in [6.07, 6.45) is 0. The van der Waals surface area contributed by atoms with Crippen LogP contribution in [0.3, 0.4) is 0 Å². The van der Waals surface area contributed by atoms with Gasteiger partial charge in [0, 0.05) is 17.5 Å². The van der Waals surface area contributed by atoms with E-state index in [2.05, 4.69) is 46.5 Å². The third-order valence-electron chi connectivity index (χ3n) is 5.24. The van der Waals surface area contributed by atoms with Gasteiger partial charge in [-0.2, -0.15) is 0 Å². The minimum absolute atomic E-state index is 0.0436. The van der Waals surface area contributed by atoms with E-state index < -0.39 is 0 Å². The van der Waals surface area contributed by atoms with E-state index in [1.807, 2.05) is 31.2 Å². The Kier molecular flexibility index (Phi) is 5.31. The number of rotatable bonds is 6. The van der Waals surface area contributed by atoms with Crippen LogP contribution in [0, 0.1) is 6.92 Å². The Morgan fingerprint density at radius 3 is 2.23 bits per heavy atom. The number of nitrogens with one attached hydrogen (secondary N) is 1. The first kappa shape index (κ1) is 19.8. The van der Waals surface area contributed by atoms with Crippen molar-refractivity contribution in [3.8, 4) is 17.2 Å². The largest absolute Gasteiger partial charge is 0.497 e. The van der Waals surface area contributed by atoms with Gasteiger partial charge in [-0.05, 0) is 54.4 Å². The molecule has 0 amide bonds. The van der Waals surface area contributed by atoms with Crippen molar-refractivity contribution < 1.29 is 14.2 Å². The second-order valence-corrected chi connectivity index (χ2v) is 7.18. The summed E-state index contributed by atoms with van der Waals surface area (Å²) in [5.74, 6) is 3.60. The number of aryl methyl sites for hydroxylation is 1. The molecule has 0 aliphatic carbocycles. The number of benzene rings is 3. The molecule has 0 bridgehead atoms. The van der Waals surface area contributed by atoms with Crippen molar-refractivity contribution in [1.29, 1.82) is 0 Å². The lowest BCUT2D eigenvalue weighted by Gasteiger charge is -2.18. The van der Waals surface area contributed by atoms with E-state index >= 15 is 0 Å². The second kappa shape index (κ2) is 8.06. The second-order valence-electron chi connectivity index (χ2n) is 7.18. The number of nitrogens with zero attached hydrogens (tertiary/aromatic N) is 2. The molecule has 6 nitrogen and oxygen atoms in total. The van der Waals surface area contributed by atoms with E-state index in [4.69, 9.17) is 14.2 Å². The molecule has 0 fully saturated rings. The molecule has 4 aromatic rings. The van der Waals surface area contributed by atoms with Crippen molar-refractivity contribution >= 4 is 27.5 Å². The molecule has 1 heterocycles. The fourth-order valence-electron chi connectivity index (χ4n) is 3.61. The summed E-state index contributed by atoms with van der Waals surface area (Å²) in [6.45, 7) is 4.00. The standard InChI is InChI=1S/C24H25N3O3/c1-14(16-6-7-18-11-19(28-3)9-8-17(18)10-16)25-24-20-12-22(29-4)23(30-5)13-21(20)26-15(2)27-24/h6-14H,1-5H3,(H,25,26,27). The van der Waals surface area contributed by atoms with Crippen molar-refractivity contribution in [2.24, 2.45) is 0 Å². The van der Waals surface area contributed by atoms with E-state index in [0.717, 1.165) is 38.8 Å². The summed E-state index contributed by atoms with van der Waals surface area (Å²) in [5.41, 5.74) is 1.97. The normalized spacial score (nSPS) is 12.0. The SMILES string of the molecule is COc1ccc2cc(C(C)Nc3nc(C)nc4cc(OC)c(OC)cc34)ccc2c1. The van der Waals surface area contributed by atoms with Crippen LogP contribution in [-0.4, -0.2) is 31.3 Å². The first-order valence-corrected chi connectivity index (χ1v) is 9.77. The number of ether oxygens (including phenoxy) is 3. The molecule has 0 saturated carbocycles. The fourth-order valence-corrected chi connectivity index (χ4v) is 3.61. The maximum absolute atomic E-state index is 5.47. The fraction of sp³-hybridized carbons (Fsp3) is 0.250. The predicted molar refractivity (Wildman–Crippen MR) is 120 cm³/mol. The Bertz CT molecular complexity index is 1220. The first-order chi connectivity index (χ1) is 14.5. The smallest absolute Gasteiger partial charge is 0.162 e. The number of aromatic nitrogens is 2. The van der Waals surface area contributed by atoms with E-state index in [1.54, 1.807) is 21.3 Å². The molecule has 0 saturated heterocycles. The van der Waals surface area contributed by atoms with Gasteiger partial charge < -0.3 is 19.5 Å². The molecular weight excluding hydrogens is 378 g/mol. The highest BCUT2D eigenvalue weighted by Crippen LogP contribution is 2.35. The lowest BCUT2D eigenvalue weighted by molar-refractivity contribution is 0.356. The zero-order chi connectivity index (χ0) is 21.3. The predicted octanol–water partition coefficient (Wildman–Crippen LogP) is 5.29. The highest BCUT2D eigenvalue weighted by atomic mass is 16.5. The summed E-state index contributed by atoms with van der Waals surface area (Å²) in [7, 11) is 4.92. The molecule has 0 aliphatic heterocycles. The van der Waals surface area contributed by atoms with Gasteiger partial charge in [-0.1, -0.05) is 18.2 Å². The van der Waals surface area contributed by atoms with Gasteiger partial charge in [0.15, 0.2) is 11.5 Å². The first-order valence-electron chi connectivity index (χ1n) is 9.77. The number of anilines is 1. The van der Waals surface area contributed by atoms with Gasteiger partial charge in [-0.25, -0.2) is 9.97 Å². The van der Waals surface area contributed by atoms with Crippen LogP contribution in [0.1, 0.15) is 24.4 Å². The van der Waals surface area contributed by atoms with Crippen LogP contribution >= 0.6 is 0 Å². The zero-order valence-electron chi connectivity index (χ0n) is 17.8. The molecule has 1 aromatic heterocycles. The molecule has 0 aliphatic rings. The lowest BCUT2D eigenvalue weighted by Crippen LogP contribution is -2.10. The minimum Gasteiger partial charge on any atom is -0.497 e. The van der Waals surface area contributed by atoms with Gasteiger partial charge in [0.2, 0.25) is 0 Å². The third kappa shape index (κ3) is 3.68. The molecule has 1 atom stereocenters. The molecular formula is C24H25N3O3. The Labute approximate surface area is 175 Å². The number of hydrogen-bond acceptors (Lipinski definition) is 6. The Morgan fingerprint density at radius 1 is 0.800 bits per heavy atom. The number of hydrogen-bond donors (Lipinski definition) is 1. The summed E-state index contributed by atoms with van der Waals surface area (Å²) in [6, 6.07) is 16.3. The third-order valence-corrected chi connectivity index (χ3v) is 5.24. The Morgan fingerprint density at radius 2 is 1.50 bits per heavy atom. The van der Waals surface area contributed by atoms with Crippen LogP contribution in [-0.2, 0) is 0 Å². The molecule has 1 unspecified atom stereocenters. The number of methoxy groups -OCH3 is 3. The van der Waals surface area contributed by atoms with Crippen LogP contribution in [0.25, 0.3) is 21.7 Å². The zero-order valence-corrected chi connectivity index (χ0v) is 17.8. The van der Waals surface area contributed by atoms with Crippen LogP contribution in [0.15, 0.2) is 48.5 Å². The van der Waals surface area contributed by atoms with Crippen molar-refractivity contribution in [2.45, 2.75) is 19.9 Å². The van der Waals surface area contributed by atoms with E-state index in [1.165, 1.54) is 0 Å². The molecule has 0 radical (unpaired) electrons. The van der Waals surface area contributed by atoms with Crippen molar-refractivity contribution in [3.63, 3.8) is 0 Å². The number of fused-ring (bicyclic) bond motifs is 2. The summed E-state index contributed by atoms with van der Waals surface area (Å²) in [5, 5.41) is 6.74. The average Bonchev–Trinajstić information content (AvgIpc) is 2.77. The molecule has 0 spiro atoms. The van der Waals surface area contributed by atoms with Crippen LogP contribution < -0.4 is 19.5 Å². The van der Waals surface area contributed by atoms with Gasteiger partial charge in [-0.3, -0.25) is 0 Å². The van der Waals surface area contributed by atoms with Gasteiger partial charge >= 0.3 is 0 Å². The monoisotopic (exact) mass is 403 g/mol. The molecule has 1 N–H and O–H groups in total. The molecule has 3 aromatic carbocycles. The van der Waals surface area contributed by atoms with E-state index in [-0.39, 0.29) is 6.04 Å². The Balaban J connectivity index is 1.71. The molecule has 6 heteroatoms. The quantitative estimate of drug-likeness (QED) is 0.472. The van der Waals surface area contributed by atoms with Gasteiger partial charge in [0.25, 0.3) is 0 Å². The summed E-state index contributed by atoms with van der Waals surface area (Å²) in [4.78, 5) is 9.21. The van der Waals surface area contributed by atoms with Crippen LogP contribution in [0.5, 0.6) is 17.2 Å². The maximum atomic E-state index is 5.47. The topological polar surface area (TPSA) is 65.5 Å². The van der Waals surface area contributed by atoms with Crippen LogP contribution in [0.2, 0.25) is 0 Å². The Hall–Kier alpha value is -3.54. The summed E-state index contributed by atoms with van der Waals surface area (Å²) < 4.78 is 16.2. The van der Waals surface area contributed by atoms with Crippen molar-refractivity contribution in [1.82, 2.24) is 9.97 Å². The van der Waals surface area contributed by atoms with Gasteiger partial charge in [0.1, 0.15) is 17.4 Å². The van der Waals surface area contributed by atoms with Gasteiger partial charge in [0.05, 0.1) is 26.8 Å². The maximum Gasteiger partial charge on any atom is 0.162 e.